The zero-order valence-corrected chi connectivity index (χ0v) is 17.4. The van der Waals surface area contributed by atoms with Crippen molar-refractivity contribution >= 4 is 21.7 Å². The normalized spacial score (nSPS) is 17.3. The second-order valence-corrected chi connectivity index (χ2v) is 8.59. The molecular formula is C20H20FN5O4S. The van der Waals surface area contributed by atoms with E-state index in [2.05, 4.69) is 20.3 Å². The quantitative estimate of drug-likeness (QED) is 0.617. The molecule has 1 unspecified atom stereocenters. The maximum absolute atomic E-state index is 13.8. The molecule has 1 N–H and O–H groups in total. The lowest BCUT2D eigenvalue weighted by Gasteiger charge is -2.32. The number of methoxy groups -OCH3 is 1. The molecule has 0 bridgehead atoms. The minimum Gasteiger partial charge on any atom is -0.495 e. The Balaban J connectivity index is 1.56. The standard InChI is InChI=1S/C20H20FN5O4S/c1-29-16-6-5-14(21)11-18(16)31(27,28)26-9-10-30-17(13-26)15-3-2-4-19(24-15)25-20-12-22-7-8-23-20/h2-8,11-12,17H,9-10,13H2,1H3,(H,23,24,25). The maximum atomic E-state index is 13.8. The smallest absolute Gasteiger partial charge is 0.247 e. The van der Waals surface area contributed by atoms with Gasteiger partial charge in [0.05, 0.1) is 25.6 Å². The largest absolute Gasteiger partial charge is 0.495 e. The predicted molar refractivity (Wildman–Crippen MR) is 110 cm³/mol. The molecule has 11 heteroatoms. The second-order valence-electron chi connectivity index (χ2n) is 6.68. The van der Waals surface area contributed by atoms with Gasteiger partial charge in [0.2, 0.25) is 10.0 Å². The fourth-order valence-electron chi connectivity index (χ4n) is 3.21. The summed E-state index contributed by atoms with van der Waals surface area (Å²) in [6, 6.07) is 8.71. The van der Waals surface area contributed by atoms with Gasteiger partial charge in [-0.2, -0.15) is 4.31 Å². The predicted octanol–water partition coefficient (Wildman–Crippen LogP) is 2.53. The summed E-state index contributed by atoms with van der Waals surface area (Å²) >= 11 is 0. The summed E-state index contributed by atoms with van der Waals surface area (Å²) in [6.07, 6.45) is 4.09. The zero-order valence-electron chi connectivity index (χ0n) is 16.6. The fourth-order valence-corrected chi connectivity index (χ4v) is 4.80. The fraction of sp³-hybridized carbons (Fsp3) is 0.250. The average Bonchev–Trinajstić information content (AvgIpc) is 2.80. The van der Waals surface area contributed by atoms with Gasteiger partial charge in [-0.05, 0) is 30.3 Å². The molecule has 1 aromatic carbocycles. The number of benzene rings is 1. The van der Waals surface area contributed by atoms with Crippen LogP contribution in [0.1, 0.15) is 11.8 Å². The lowest BCUT2D eigenvalue weighted by molar-refractivity contribution is -0.00490. The van der Waals surface area contributed by atoms with Crippen molar-refractivity contribution in [3.05, 3.63) is 66.5 Å². The van der Waals surface area contributed by atoms with E-state index in [0.717, 1.165) is 12.1 Å². The number of pyridine rings is 1. The molecule has 1 atom stereocenters. The van der Waals surface area contributed by atoms with Crippen molar-refractivity contribution in [2.45, 2.75) is 11.0 Å². The summed E-state index contributed by atoms with van der Waals surface area (Å²) in [5.41, 5.74) is 0.556. The molecule has 0 saturated carbocycles. The number of ether oxygens (including phenoxy) is 2. The lowest BCUT2D eigenvalue weighted by atomic mass is 10.2. The Morgan fingerprint density at radius 2 is 2.10 bits per heavy atom. The van der Waals surface area contributed by atoms with Gasteiger partial charge in [-0.3, -0.25) is 4.98 Å². The summed E-state index contributed by atoms with van der Waals surface area (Å²) in [4.78, 5) is 12.4. The molecule has 1 saturated heterocycles. The minimum absolute atomic E-state index is 0.0313. The van der Waals surface area contributed by atoms with Crippen molar-refractivity contribution in [3.63, 3.8) is 0 Å². The Bertz CT molecular complexity index is 1160. The molecule has 1 fully saturated rings. The summed E-state index contributed by atoms with van der Waals surface area (Å²) in [7, 11) is -2.66. The van der Waals surface area contributed by atoms with Crippen LogP contribution >= 0.6 is 0 Å². The van der Waals surface area contributed by atoms with E-state index in [1.165, 1.54) is 17.5 Å². The maximum Gasteiger partial charge on any atom is 0.247 e. The van der Waals surface area contributed by atoms with Crippen LogP contribution in [-0.2, 0) is 14.8 Å². The molecule has 9 nitrogen and oxygen atoms in total. The molecule has 3 heterocycles. The Morgan fingerprint density at radius 3 is 2.87 bits per heavy atom. The van der Waals surface area contributed by atoms with Crippen LogP contribution in [0.4, 0.5) is 16.0 Å². The van der Waals surface area contributed by atoms with Gasteiger partial charge in [0.25, 0.3) is 0 Å². The zero-order chi connectivity index (χ0) is 21.8. The summed E-state index contributed by atoms with van der Waals surface area (Å²) < 4.78 is 52.3. The van der Waals surface area contributed by atoms with E-state index >= 15 is 0 Å². The molecule has 1 aliphatic heterocycles. The highest BCUT2D eigenvalue weighted by atomic mass is 32.2. The number of halogens is 1. The molecule has 0 aliphatic carbocycles. The van der Waals surface area contributed by atoms with E-state index in [1.807, 2.05) is 0 Å². The molecule has 0 amide bonds. The second kappa shape index (κ2) is 8.92. The number of morpholine rings is 1. The summed E-state index contributed by atoms with van der Waals surface area (Å²) in [6.45, 7) is 0.338. The van der Waals surface area contributed by atoms with E-state index in [0.29, 0.717) is 17.3 Å². The Kier molecular flexibility index (Phi) is 6.07. The van der Waals surface area contributed by atoms with E-state index in [9.17, 15) is 12.8 Å². The van der Waals surface area contributed by atoms with Crippen molar-refractivity contribution < 1.29 is 22.3 Å². The topological polar surface area (TPSA) is 107 Å². The van der Waals surface area contributed by atoms with Crippen LogP contribution in [-0.4, -0.2) is 54.5 Å². The van der Waals surface area contributed by atoms with E-state index in [-0.39, 0.29) is 30.3 Å². The number of rotatable bonds is 6. The molecule has 3 aromatic rings. The molecule has 1 aliphatic rings. The molecule has 0 radical (unpaired) electrons. The van der Waals surface area contributed by atoms with Gasteiger partial charge in [0, 0.05) is 25.5 Å². The number of anilines is 2. The molecular weight excluding hydrogens is 425 g/mol. The first-order valence-corrected chi connectivity index (χ1v) is 10.9. The third-order valence-corrected chi connectivity index (χ3v) is 6.58. The van der Waals surface area contributed by atoms with Gasteiger partial charge in [-0.15, -0.1) is 0 Å². The molecule has 162 valence electrons. The van der Waals surface area contributed by atoms with Crippen LogP contribution in [0.25, 0.3) is 0 Å². The number of aromatic nitrogens is 3. The number of hydrogen-bond donors (Lipinski definition) is 1. The van der Waals surface area contributed by atoms with E-state index < -0.39 is 21.9 Å². The molecule has 0 spiro atoms. The summed E-state index contributed by atoms with van der Waals surface area (Å²) in [5, 5.41) is 3.04. The first-order chi connectivity index (χ1) is 15.0. The van der Waals surface area contributed by atoms with Crippen molar-refractivity contribution in [1.29, 1.82) is 0 Å². The van der Waals surface area contributed by atoms with Crippen LogP contribution in [0.5, 0.6) is 5.75 Å². The van der Waals surface area contributed by atoms with Gasteiger partial charge < -0.3 is 14.8 Å². The van der Waals surface area contributed by atoms with Gasteiger partial charge in [-0.25, -0.2) is 22.8 Å². The van der Waals surface area contributed by atoms with Crippen LogP contribution < -0.4 is 10.1 Å². The highest BCUT2D eigenvalue weighted by Gasteiger charge is 2.34. The third-order valence-electron chi connectivity index (χ3n) is 4.69. The van der Waals surface area contributed by atoms with E-state index in [1.54, 1.807) is 36.8 Å². The van der Waals surface area contributed by atoms with Crippen molar-refractivity contribution in [2.24, 2.45) is 0 Å². The van der Waals surface area contributed by atoms with Crippen molar-refractivity contribution in [1.82, 2.24) is 19.3 Å². The minimum atomic E-state index is -4.00. The van der Waals surface area contributed by atoms with Gasteiger partial charge in [0.1, 0.15) is 34.2 Å². The SMILES string of the molecule is COc1ccc(F)cc1S(=O)(=O)N1CCOC(c2cccc(Nc3cnccn3)n2)C1. The number of sulfonamides is 1. The average molecular weight is 445 g/mol. The van der Waals surface area contributed by atoms with Gasteiger partial charge in [-0.1, -0.05) is 6.07 Å². The van der Waals surface area contributed by atoms with Gasteiger partial charge >= 0.3 is 0 Å². The first kappa shape index (κ1) is 21.1. The Labute approximate surface area is 178 Å². The summed E-state index contributed by atoms with van der Waals surface area (Å²) in [5.74, 6) is 0.471. The Morgan fingerprint density at radius 1 is 1.23 bits per heavy atom. The van der Waals surface area contributed by atoms with Crippen molar-refractivity contribution in [2.75, 3.05) is 32.1 Å². The third kappa shape index (κ3) is 4.63. The van der Waals surface area contributed by atoms with Crippen LogP contribution in [0, 0.1) is 5.82 Å². The Hall–Kier alpha value is -3.15. The number of hydrogen-bond acceptors (Lipinski definition) is 8. The lowest BCUT2D eigenvalue weighted by Crippen LogP contribution is -2.42. The highest BCUT2D eigenvalue weighted by molar-refractivity contribution is 7.89. The number of nitrogens with one attached hydrogen (secondary N) is 1. The van der Waals surface area contributed by atoms with Crippen LogP contribution in [0.15, 0.2) is 59.9 Å². The van der Waals surface area contributed by atoms with E-state index in [4.69, 9.17) is 9.47 Å². The number of nitrogens with zero attached hydrogens (tertiary/aromatic N) is 4. The van der Waals surface area contributed by atoms with Crippen LogP contribution in [0.2, 0.25) is 0 Å². The molecule has 4 rings (SSSR count). The van der Waals surface area contributed by atoms with Gasteiger partial charge in [0.15, 0.2) is 0 Å². The highest BCUT2D eigenvalue weighted by Crippen LogP contribution is 2.31. The van der Waals surface area contributed by atoms with Crippen molar-refractivity contribution in [3.8, 4) is 5.75 Å². The first-order valence-electron chi connectivity index (χ1n) is 9.42. The van der Waals surface area contributed by atoms with Crippen LogP contribution in [0.3, 0.4) is 0 Å². The molecule has 31 heavy (non-hydrogen) atoms. The molecule has 2 aromatic heterocycles. The monoisotopic (exact) mass is 445 g/mol.